The van der Waals surface area contributed by atoms with Crippen LogP contribution in [0, 0.1) is 0 Å². The van der Waals surface area contributed by atoms with Gasteiger partial charge in [0.2, 0.25) is 15.7 Å². The molecular formula is C19H29F2N3O3S. The van der Waals surface area contributed by atoms with Gasteiger partial charge < -0.3 is 4.90 Å². The highest BCUT2D eigenvalue weighted by Gasteiger charge is 2.26. The lowest BCUT2D eigenvalue weighted by atomic mass is 10.2. The summed E-state index contributed by atoms with van der Waals surface area (Å²) in [4.78, 5) is 18.2. The second kappa shape index (κ2) is 10.3. The molecule has 0 atom stereocenters. The lowest BCUT2D eigenvalue weighted by Gasteiger charge is -2.25. The van der Waals surface area contributed by atoms with Crippen LogP contribution in [0.25, 0.3) is 0 Å². The van der Waals surface area contributed by atoms with Gasteiger partial charge in [0.15, 0.2) is 0 Å². The number of alkyl halides is 2. The van der Waals surface area contributed by atoms with Crippen molar-refractivity contribution in [1.29, 1.82) is 0 Å². The van der Waals surface area contributed by atoms with E-state index in [1.807, 2.05) is 18.7 Å². The first kappa shape index (κ1) is 22.7. The molecule has 0 aliphatic carbocycles. The van der Waals surface area contributed by atoms with Crippen LogP contribution in [-0.4, -0.2) is 80.6 Å². The first-order valence-corrected chi connectivity index (χ1v) is 11.2. The molecule has 0 saturated carbocycles. The summed E-state index contributed by atoms with van der Waals surface area (Å²) < 4.78 is 48.2. The van der Waals surface area contributed by atoms with Crippen LogP contribution in [-0.2, 0) is 21.2 Å². The predicted molar refractivity (Wildman–Crippen MR) is 104 cm³/mol. The summed E-state index contributed by atoms with van der Waals surface area (Å²) in [5.74, 6) is -3.26. The number of nitrogens with zero attached hydrogens (tertiary/aromatic N) is 3. The Morgan fingerprint density at radius 2 is 1.61 bits per heavy atom. The van der Waals surface area contributed by atoms with E-state index in [-0.39, 0.29) is 10.8 Å². The van der Waals surface area contributed by atoms with Crippen LogP contribution in [0.5, 0.6) is 0 Å². The zero-order valence-electron chi connectivity index (χ0n) is 16.5. The average molecular weight is 418 g/mol. The number of likely N-dealkylation sites (N-methyl/N-ethyl adjacent to an activating group) is 1. The third kappa shape index (κ3) is 5.96. The quantitative estimate of drug-likeness (QED) is 0.648. The number of carbonyl (C=O) groups excluding carboxylic acids is 1. The van der Waals surface area contributed by atoms with Gasteiger partial charge in [0.25, 0.3) is 0 Å². The van der Waals surface area contributed by atoms with E-state index in [0.717, 1.165) is 38.2 Å². The Bertz CT molecular complexity index is 737. The molecule has 9 heteroatoms. The molecular weight excluding hydrogens is 388 g/mol. The zero-order valence-corrected chi connectivity index (χ0v) is 17.3. The standard InChI is InChI=1S/C19H29F2N3O3S/c1-3-24(4-2)18(25)15-23-11-5-10-22(12-13-23)14-16-6-8-17(9-7-16)28(26,27)19(20)21/h6-9,19H,3-5,10-15H2,1-2H3. The van der Waals surface area contributed by atoms with Gasteiger partial charge in [0.1, 0.15) is 0 Å². The van der Waals surface area contributed by atoms with Crippen molar-refractivity contribution in [3.8, 4) is 0 Å². The van der Waals surface area contributed by atoms with Gasteiger partial charge in [-0.3, -0.25) is 14.6 Å². The minimum atomic E-state index is -4.55. The number of rotatable bonds is 8. The van der Waals surface area contributed by atoms with Crippen molar-refractivity contribution < 1.29 is 22.0 Å². The highest BCUT2D eigenvalue weighted by atomic mass is 32.2. The van der Waals surface area contributed by atoms with E-state index in [9.17, 15) is 22.0 Å². The van der Waals surface area contributed by atoms with Gasteiger partial charge in [0.05, 0.1) is 11.4 Å². The predicted octanol–water partition coefficient (Wildman–Crippen LogP) is 2.06. The number of amides is 1. The van der Waals surface area contributed by atoms with Crippen LogP contribution < -0.4 is 0 Å². The minimum absolute atomic E-state index is 0.147. The molecule has 1 heterocycles. The zero-order chi connectivity index (χ0) is 20.7. The van der Waals surface area contributed by atoms with Crippen molar-refractivity contribution in [3.63, 3.8) is 0 Å². The summed E-state index contributed by atoms with van der Waals surface area (Å²) >= 11 is 0. The monoisotopic (exact) mass is 417 g/mol. The van der Waals surface area contributed by atoms with Crippen LogP contribution in [0.15, 0.2) is 29.2 Å². The molecule has 1 aliphatic heterocycles. The fraction of sp³-hybridized carbons (Fsp3) is 0.632. The number of hydrogen-bond donors (Lipinski definition) is 0. The smallest absolute Gasteiger partial charge is 0.341 e. The first-order valence-electron chi connectivity index (χ1n) is 9.61. The molecule has 158 valence electrons. The van der Waals surface area contributed by atoms with Gasteiger partial charge in [-0.1, -0.05) is 12.1 Å². The van der Waals surface area contributed by atoms with E-state index in [4.69, 9.17) is 0 Å². The number of hydrogen-bond acceptors (Lipinski definition) is 5. The summed E-state index contributed by atoms with van der Waals surface area (Å²) in [5, 5.41) is 0. The summed E-state index contributed by atoms with van der Waals surface area (Å²) in [5.41, 5.74) is 0.876. The van der Waals surface area contributed by atoms with E-state index in [1.165, 1.54) is 12.1 Å². The molecule has 1 saturated heterocycles. The van der Waals surface area contributed by atoms with Crippen molar-refractivity contribution in [2.24, 2.45) is 0 Å². The summed E-state index contributed by atoms with van der Waals surface area (Å²) in [6.45, 7) is 9.73. The first-order chi connectivity index (χ1) is 13.3. The van der Waals surface area contributed by atoms with Crippen LogP contribution in [0.2, 0.25) is 0 Å². The number of sulfone groups is 1. The Kier molecular flexibility index (Phi) is 8.33. The molecule has 0 spiro atoms. The number of benzene rings is 1. The largest absolute Gasteiger partial charge is 0.342 e. The molecule has 0 aromatic heterocycles. The molecule has 1 aliphatic rings. The third-order valence-corrected chi connectivity index (χ3v) is 6.45. The van der Waals surface area contributed by atoms with Gasteiger partial charge in [-0.05, 0) is 51.1 Å². The highest BCUT2D eigenvalue weighted by molar-refractivity contribution is 7.91. The van der Waals surface area contributed by atoms with Gasteiger partial charge in [-0.15, -0.1) is 0 Å². The highest BCUT2D eigenvalue weighted by Crippen LogP contribution is 2.19. The van der Waals surface area contributed by atoms with Crippen molar-refractivity contribution in [2.45, 2.75) is 37.5 Å². The fourth-order valence-corrected chi connectivity index (χ4v) is 4.07. The van der Waals surface area contributed by atoms with E-state index in [2.05, 4.69) is 9.80 Å². The maximum atomic E-state index is 12.6. The van der Waals surface area contributed by atoms with Crippen molar-refractivity contribution in [2.75, 3.05) is 45.8 Å². The fourth-order valence-electron chi connectivity index (χ4n) is 3.35. The molecule has 0 bridgehead atoms. The van der Waals surface area contributed by atoms with Crippen molar-refractivity contribution >= 4 is 15.7 Å². The maximum absolute atomic E-state index is 12.6. The maximum Gasteiger partial charge on any atom is 0.341 e. The molecule has 1 aromatic rings. The van der Waals surface area contributed by atoms with E-state index in [1.54, 1.807) is 12.1 Å². The second-order valence-corrected chi connectivity index (χ2v) is 8.84. The molecule has 2 rings (SSSR count). The summed E-state index contributed by atoms with van der Waals surface area (Å²) in [6.07, 6.45) is 0.934. The Hall–Kier alpha value is -1.58. The van der Waals surface area contributed by atoms with Crippen LogP contribution in [0.1, 0.15) is 25.8 Å². The van der Waals surface area contributed by atoms with E-state index < -0.39 is 15.6 Å². The number of halogens is 2. The topological polar surface area (TPSA) is 60.9 Å². The Labute approximate surface area is 166 Å². The summed E-state index contributed by atoms with van der Waals surface area (Å²) in [7, 11) is -4.55. The normalized spacial score (nSPS) is 16.9. The van der Waals surface area contributed by atoms with Crippen LogP contribution in [0.3, 0.4) is 0 Å². The van der Waals surface area contributed by atoms with Gasteiger partial charge in [-0.2, -0.15) is 8.78 Å². The molecule has 1 amide bonds. The molecule has 1 fully saturated rings. The minimum Gasteiger partial charge on any atom is -0.342 e. The molecule has 1 aromatic carbocycles. The van der Waals surface area contributed by atoms with Crippen LogP contribution in [0.4, 0.5) is 8.78 Å². The molecule has 28 heavy (non-hydrogen) atoms. The SMILES string of the molecule is CCN(CC)C(=O)CN1CCCN(Cc2ccc(S(=O)(=O)C(F)F)cc2)CC1. The van der Waals surface area contributed by atoms with Crippen molar-refractivity contribution in [1.82, 2.24) is 14.7 Å². The average Bonchev–Trinajstić information content (AvgIpc) is 2.88. The Morgan fingerprint density at radius 1 is 1.04 bits per heavy atom. The van der Waals surface area contributed by atoms with Gasteiger partial charge in [0, 0.05) is 32.7 Å². The Balaban J connectivity index is 1.90. The van der Waals surface area contributed by atoms with Crippen molar-refractivity contribution in [3.05, 3.63) is 29.8 Å². The lowest BCUT2D eigenvalue weighted by Crippen LogP contribution is -2.41. The van der Waals surface area contributed by atoms with E-state index in [0.29, 0.717) is 26.2 Å². The third-order valence-electron chi connectivity index (χ3n) is 5.05. The van der Waals surface area contributed by atoms with Gasteiger partial charge in [-0.25, -0.2) is 8.42 Å². The number of carbonyl (C=O) groups is 1. The van der Waals surface area contributed by atoms with Crippen LogP contribution >= 0.6 is 0 Å². The molecule has 0 N–H and O–H groups in total. The van der Waals surface area contributed by atoms with Gasteiger partial charge >= 0.3 is 5.76 Å². The molecule has 6 nitrogen and oxygen atoms in total. The molecule has 0 radical (unpaired) electrons. The van der Waals surface area contributed by atoms with E-state index >= 15 is 0 Å². The summed E-state index contributed by atoms with van der Waals surface area (Å²) in [6, 6.07) is 5.65. The lowest BCUT2D eigenvalue weighted by molar-refractivity contribution is -0.132. The molecule has 0 unspecified atom stereocenters. The Morgan fingerprint density at radius 3 is 2.18 bits per heavy atom. The second-order valence-electron chi connectivity index (χ2n) is 6.92.